The summed E-state index contributed by atoms with van der Waals surface area (Å²) < 4.78 is 5.18. The number of allylic oxidation sites excluding steroid dienone is 2. The molecule has 0 radical (unpaired) electrons. The van der Waals surface area contributed by atoms with E-state index < -0.39 is 0 Å². The molecule has 0 spiro atoms. The Morgan fingerprint density at radius 3 is 2.92 bits per heavy atom. The fourth-order valence-corrected chi connectivity index (χ4v) is 0.966. The van der Waals surface area contributed by atoms with E-state index in [2.05, 4.69) is 5.43 Å². The number of carbonyl (C=O) groups is 1. The van der Waals surface area contributed by atoms with E-state index in [0.29, 0.717) is 0 Å². The monoisotopic (exact) mass is 168 g/mol. The Morgan fingerprint density at radius 1 is 1.67 bits per heavy atom. The molecule has 4 heteroatoms. The molecule has 0 saturated carbocycles. The van der Waals surface area contributed by atoms with Crippen LogP contribution in [0.25, 0.3) is 0 Å². The molecule has 0 saturated heterocycles. The summed E-state index contributed by atoms with van der Waals surface area (Å²) in [5.74, 6) is 4.49. The van der Waals surface area contributed by atoms with Gasteiger partial charge in [-0.25, -0.2) is 5.84 Å². The molecule has 1 aliphatic rings. The van der Waals surface area contributed by atoms with Gasteiger partial charge in [0.05, 0.1) is 12.2 Å². The number of hydrogen-bond donors (Lipinski definition) is 2. The van der Waals surface area contributed by atoms with Crippen molar-refractivity contribution in [2.24, 2.45) is 11.8 Å². The largest absolute Gasteiger partial charge is 0.493 e. The second-order valence-electron chi connectivity index (χ2n) is 2.61. The molecule has 0 aromatic heterocycles. The standard InChI is InChI=1S/C8H12N2O2/c1-6(8(11)10-9)7-4-2-3-5-12-7/h2-7H,9H2,1H3,(H,10,11). The third-order valence-corrected chi connectivity index (χ3v) is 1.77. The van der Waals surface area contributed by atoms with E-state index in [9.17, 15) is 4.79 Å². The molecule has 3 N–H and O–H groups in total. The number of hydrogen-bond acceptors (Lipinski definition) is 3. The molecule has 0 aromatic carbocycles. The highest BCUT2D eigenvalue weighted by atomic mass is 16.5. The van der Waals surface area contributed by atoms with E-state index >= 15 is 0 Å². The van der Waals surface area contributed by atoms with Crippen LogP contribution in [-0.4, -0.2) is 12.0 Å². The van der Waals surface area contributed by atoms with Crippen molar-refractivity contribution >= 4 is 5.91 Å². The lowest BCUT2D eigenvalue weighted by Crippen LogP contribution is -2.39. The molecule has 2 unspecified atom stereocenters. The maximum absolute atomic E-state index is 11.0. The molecular formula is C8H12N2O2. The van der Waals surface area contributed by atoms with Crippen LogP contribution in [0.4, 0.5) is 0 Å². The van der Waals surface area contributed by atoms with Gasteiger partial charge in [0.2, 0.25) is 5.91 Å². The van der Waals surface area contributed by atoms with Crippen LogP contribution in [0.3, 0.4) is 0 Å². The summed E-state index contributed by atoms with van der Waals surface area (Å²) in [5, 5.41) is 0. The van der Waals surface area contributed by atoms with Crippen molar-refractivity contribution in [3.63, 3.8) is 0 Å². The maximum atomic E-state index is 11.0. The van der Waals surface area contributed by atoms with Crippen molar-refractivity contribution < 1.29 is 9.53 Å². The first-order valence-electron chi connectivity index (χ1n) is 3.75. The van der Waals surface area contributed by atoms with Gasteiger partial charge in [-0.1, -0.05) is 6.08 Å². The van der Waals surface area contributed by atoms with Gasteiger partial charge in [0.15, 0.2) is 0 Å². The Hall–Kier alpha value is -1.29. The van der Waals surface area contributed by atoms with Gasteiger partial charge in [-0.2, -0.15) is 0 Å². The minimum Gasteiger partial charge on any atom is -0.493 e. The molecule has 2 atom stereocenters. The topological polar surface area (TPSA) is 64.4 Å². The highest BCUT2D eigenvalue weighted by Gasteiger charge is 2.22. The summed E-state index contributed by atoms with van der Waals surface area (Å²) in [7, 11) is 0. The minimum absolute atomic E-state index is 0.210. The van der Waals surface area contributed by atoms with E-state index in [1.807, 2.05) is 12.2 Å². The van der Waals surface area contributed by atoms with Crippen molar-refractivity contribution in [3.8, 4) is 0 Å². The van der Waals surface area contributed by atoms with Gasteiger partial charge in [0.1, 0.15) is 6.10 Å². The molecule has 0 fully saturated rings. The van der Waals surface area contributed by atoms with Crippen LogP contribution in [0.1, 0.15) is 6.92 Å². The summed E-state index contributed by atoms with van der Waals surface area (Å²) in [5.41, 5.74) is 2.09. The van der Waals surface area contributed by atoms with Crippen LogP contribution in [0.5, 0.6) is 0 Å². The Bertz CT molecular complexity index is 223. The van der Waals surface area contributed by atoms with E-state index in [1.165, 1.54) is 0 Å². The number of ether oxygens (including phenoxy) is 1. The van der Waals surface area contributed by atoms with Gasteiger partial charge in [-0.3, -0.25) is 10.2 Å². The lowest BCUT2D eigenvalue weighted by Gasteiger charge is -2.20. The van der Waals surface area contributed by atoms with Crippen molar-refractivity contribution in [2.45, 2.75) is 13.0 Å². The molecular weight excluding hydrogens is 156 g/mol. The van der Waals surface area contributed by atoms with E-state index in [4.69, 9.17) is 10.6 Å². The number of nitrogens with one attached hydrogen (secondary N) is 1. The third kappa shape index (κ3) is 1.85. The molecule has 1 amide bonds. The van der Waals surface area contributed by atoms with E-state index in [-0.39, 0.29) is 17.9 Å². The summed E-state index contributed by atoms with van der Waals surface area (Å²) in [6.07, 6.45) is 6.78. The summed E-state index contributed by atoms with van der Waals surface area (Å²) in [6, 6.07) is 0. The number of carbonyl (C=O) groups excluding carboxylic acids is 1. The molecule has 0 aliphatic carbocycles. The van der Waals surface area contributed by atoms with E-state index in [1.54, 1.807) is 19.3 Å². The lowest BCUT2D eigenvalue weighted by atomic mass is 10.0. The summed E-state index contributed by atoms with van der Waals surface area (Å²) in [4.78, 5) is 11.0. The van der Waals surface area contributed by atoms with Crippen molar-refractivity contribution in [3.05, 3.63) is 24.5 Å². The number of amides is 1. The second kappa shape index (κ2) is 3.92. The first kappa shape index (κ1) is 8.80. The zero-order valence-corrected chi connectivity index (χ0v) is 6.86. The Kier molecular flexibility index (Phi) is 2.88. The number of hydrazine groups is 1. The van der Waals surface area contributed by atoms with Gasteiger partial charge in [0.25, 0.3) is 0 Å². The maximum Gasteiger partial charge on any atom is 0.240 e. The SMILES string of the molecule is CC(C(=O)NN)C1C=CC=CO1. The van der Waals surface area contributed by atoms with Crippen LogP contribution in [0.15, 0.2) is 24.5 Å². The number of rotatable bonds is 2. The molecule has 1 aliphatic heterocycles. The molecule has 0 aromatic rings. The summed E-state index contributed by atoms with van der Waals surface area (Å²) in [6.45, 7) is 1.76. The molecule has 4 nitrogen and oxygen atoms in total. The Morgan fingerprint density at radius 2 is 2.42 bits per heavy atom. The van der Waals surface area contributed by atoms with Crippen LogP contribution in [0.2, 0.25) is 0 Å². The molecule has 66 valence electrons. The van der Waals surface area contributed by atoms with Gasteiger partial charge in [0, 0.05) is 0 Å². The number of nitrogens with two attached hydrogens (primary N) is 1. The predicted molar refractivity (Wildman–Crippen MR) is 44.6 cm³/mol. The van der Waals surface area contributed by atoms with Crippen molar-refractivity contribution in [1.29, 1.82) is 0 Å². The van der Waals surface area contributed by atoms with Crippen molar-refractivity contribution in [1.82, 2.24) is 5.43 Å². The van der Waals surface area contributed by atoms with Gasteiger partial charge in [-0.15, -0.1) is 0 Å². The normalized spacial score (nSPS) is 23.0. The van der Waals surface area contributed by atoms with E-state index in [0.717, 1.165) is 0 Å². The quantitative estimate of drug-likeness (QED) is 0.348. The molecule has 1 heterocycles. The van der Waals surface area contributed by atoms with Crippen LogP contribution < -0.4 is 11.3 Å². The molecule has 1 rings (SSSR count). The van der Waals surface area contributed by atoms with Crippen LogP contribution in [-0.2, 0) is 9.53 Å². The Balaban J connectivity index is 2.52. The molecule has 0 bridgehead atoms. The average Bonchev–Trinajstić information content (AvgIpc) is 2.17. The fourth-order valence-electron chi connectivity index (χ4n) is 0.966. The van der Waals surface area contributed by atoms with Gasteiger partial charge < -0.3 is 4.74 Å². The van der Waals surface area contributed by atoms with Crippen LogP contribution >= 0.6 is 0 Å². The smallest absolute Gasteiger partial charge is 0.240 e. The second-order valence-corrected chi connectivity index (χ2v) is 2.61. The van der Waals surface area contributed by atoms with Gasteiger partial charge >= 0.3 is 0 Å². The lowest BCUT2D eigenvalue weighted by molar-refractivity contribution is -0.127. The first-order valence-corrected chi connectivity index (χ1v) is 3.75. The first-order chi connectivity index (χ1) is 5.75. The van der Waals surface area contributed by atoms with Gasteiger partial charge in [-0.05, 0) is 19.1 Å². The van der Waals surface area contributed by atoms with Crippen LogP contribution in [0, 0.1) is 5.92 Å². The zero-order chi connectivity index (χ0) is 8.97. The predicted octanol–water partition coefficient (Wildman–Crippen LogP) is 0.0811. The highest BCUT2D eigenvalue weighted by molar-refractivity contribution is 5.78. The average molecular weight is 168 g/mol. The Labute approximate surface area is 71.0 Å². The highest BCUT2D eigenvalue weighted by Crippen LogP contribution is 2.12. The van der Waals surface area contributed by atoms with Crippen molar-refractivity contribution in [2.75, 3.05) is 0 Å². The minimum atomic E-state index is -0.267. The zero-order valence-electron chi connectivity index (χ0n) is 6.86. The molecule has 12 heavy (non-hydrogen) atoms. The third-order valence-electron chi connectivity index (χ3n) is 1.77. The summed E-state index contributed by atoms with van der Waals surface area (Å²) >= 11 is 0. The fraction of sp³-hybridized carbons (Fsp3) is 0.375.